The fraction of sp³-hybridized carbons (Fsp3) is 0.208. The van der Waals surface area contributed by atoms with E-state index in [4.69, 9.17) is 0 Å². The number of hydrogen-bond donors (Lipinski definition) is 2. The van der Waals surface area contributed by atoms with E-state index in [9.17, 15) is 9.59 Å². The summed E-state index contributed by atoms with van der Waals surface area (Å²) in [6.45, 7) is 4.41. The summed E-state index contributed by atoms with van der Waals surface area (Å²) in [5, 5.41) is 19.4. The van der Waals surface area contributed by atoms with Crippen LogP contribution in [0.5, 0.6) is 0 Å². The smallest absolute Gasteiger partial charge is 0.251 e. The summed E-state index contributed by atoms with van der Waals surface area (Å²) in [6, 6.07) is 18.6. The Labute approximate surface area is 195 Å². The maximum atomic E-state index is 12.4. The normalized spacial score (nSPS) is 10.8. The van der Waals surface area contributed by atoms with Crippen molar-refractivity contribution < 1.29 is 9.59 Å². The molecular weight excluding hydrogens is 436 g/mol. The number of anilines is 1. The Morgan fingerprint density at radius 3 is 2.48 bits per heavy atom. The lowest BCUT2D eigenvalue weighted by molar-refractivity contribution is -0.113. The second-order valence-electron chi connectivity index (χ2n) is 7.64. The van der Waals surface area contributed by atoms with E-state index in [1.165, 1.54) is 11.8 Å². The first-order valence-corrected chi connectivity index (χ1v) is 11.5. The third-order valence-corrected chi connectivity index (χ3v) is 5.75. The van der Waals surface area contributed by atoms with Gasteiger partial charge in [-0.2, -0.15) is 9.61 Å². The zero-order valence-corrected chi connectivity index (χ0v) is 19.2. The van der Waals surface area contributed by atoms with Crippen LogP contribution >= 0.6 is 11.8 Å². The highest BCUT2D eigenvalue weighted by molar-refractivity contribution is 7.99. The molecule has 0 atom stereocenters. The monoisotopic (exact) mass is 460 g/mol. The third-order valence-electron chi connectivity index (χ3n) is 4.83. The molecule has 0 saturated carbocycles. The average Bonchev–Trinajstić information content (AvgIpc) is 3.20. The number of benzene rings is 2. The molecule has 4 rings (SSSR count). The SMILES string of the molecule is Cc1cc(C)cc(NC(=O)CSc2ccc3nnc(CCNC(=O)c4ccccc4)n3n2)c1. The molecule has 0 bridgehead atoms. The predicted octanol–water partition coefficient (Wildman–Crippen LogP) is 3.44. The minimum absolute atomic E-state index is 0.0977. The van der Waals surface area contributed by atoms with Crippen molar-refractivity contribution in [2.24, 2.45) is 0 Å². The molecular formula is C24H24N6O2S. The van der Waals surface area contributed by atoms with E-state index in [-0.39, 0.29) is 17.6 Å². The molecule has 168 valence electrons. The van der Waals surface area contributed by atoms with Crippen molar-refractivity contribution in [2.75, 3.05) is 17.6 Å². The number of hydrogen-bond acceptors (Lipinski definition) is 6. The summed E-state index contributed by atoms with van der Waals surface area (Å²) in [5.74, 6) is 0.638. The van der Waals surface area contributed by atoms with E-state index in [1.54, 1.807) is 16.6 Å². The molecule has 0 unspecified atom stereocenters. The maximum Gasteiger partial charge on any atom is 0.251 e. The number of rotatable bonds is 8. The molecule has 9 heteroatoms. The first kappa shape index (κ1) is 22.5. The van der Waals surface area contributed by atoms with Crippen LogP contribution in [0.4, 0.5) is 5.69 Å². The van der Waals surface area contributed by atoms with E-state index >= 15 is 0 Å². The van der Waals surface area contributed by atoms with E-state index in [2.05, 4.69) is 32.0 Å². The molecule has 0 fully saturated rings. The number of amides is 2. The van der Waals surface area contributed by atoms with Gasteiger partial charge < -0.3 is 10.6 Å². The van der Waals surface area contributed by atoms with Gasteiger partial charge in [-0.25, -0.2) is 0 Å². The number of carbonyl (C=O) groups is 2. The van der Waals surface area contributed by atoms with Crippen LogP contribution in [0.1, 0.15) is 27.3 Å². The second kappa shape index (κ2) is 10.3. The average molecular weight is 461 g/mol. The molecule has 0 radical (unpaired) electrons. The molecule has 0 spiro atoms. The van der Waals surface area contributed by atoms with Crippen molar-refractivity contribution >= 4 is 34.9 Å². The van der Waals surface area contributed by atoms with Gasteiger partial charge >= 0.3 is 0 Å². The highest BCUT2D eigenvalue weighted by Gasteiger charge is 2.11. The summed E-state index contributed by atoms with van der Waals surface area (Å²) >= 11 is 1.34. The lowest BCUT2D eigenvalue weighted by Crippen LogP contribution is -2.26. The van der Waals surface area contributed by atoms with Crippen LogP contribution in [0.15, 0.2) is 65.7 Å². The van der Waals surface area contributed by atoms with Crippen LogP contribution in [-0.4, -0.2) is 43.9 Å². The van der Waals surface area contributed by atoms with Crippen LogP contribution in [0.25, 0.3) is 5.65 Å². The molecule has 4 aromatic rings. The van der Waals surface area contributed by atoms with Gasteiger partial charge in [0.2, 0.25) is 5.91 Å². The largest absolute Gasteiger partial charge is 0.352 e. The lowest BCUT2D eigenvalue weighted by Gasteiger charge is -2.08. The molecule has 0 aliphatic carbocycles. The molecule has 0 aliphatic rings. The zero-order chi connectivity index (χ0) is 23.2. The Morgan fingerprint density at radius 1 is 0.970 bits per heavy atom. The number of aryl methyl sites for hydroxylation is 2. The van der Waals surface area contributed by atoms with Crippen LogP contribution in [0.3, 0.4) is 0 Å². The Kier molecular flexibility index (Phi) is 6.99. The Bertz CT molecular complexity index is 1270. The van der Waals surface area contributed by atoms with E-state index < -0.39 is 0 Å². The topological polar surface area (TPSA) is 101 Å². The molecule has 8 nitrogen and oxygen atoms in total. The van der Waals surface area contributed by atoms with E-state index in [0.29, 0.717) is 35.0 Å². The second-order valence-corrected chi connectivity index (χ2v) is 8.64. The Morgan fingerprint density at radius 2 is 1.73 bits per heavy atom. The minimum atomic E-state index is -0.136. The fourth-order valence-electron chi connectivity index (χ4n) is 3.41. The van der Waals surface area contributed by atoms with Gasteiger partial charge in [0.15, 0.2) is 11.5 Å². The predicted molar refractivity (Wildman–Crippen MR) is 129 cm³/mol. The maximum absolute atomic E-state index is 12.4. The molecule has 33 heavy (non-hydrogen) atoms. The zero-order valence-electron chi connectivity index (χ0n) is 18.4. The van der Waals surface area contributed by atoms with Gasteiger partial charge in [0.05, 0.1) is 5.75 Å². The van der Waals surface area contributed by atoms with Crippen LogP contribution in [0.2, 0.25) is 0 Å². The number of fused-ring (bicyclic) bond motifs is 1. The molecule has 0 saturated heterocycles. The number of nitrogens with zero attached hydrogens (tertiary/aromatic N) is 4. The van der Waals surface area contributed by atoms with Gasteiger partial charge in [-0.3, -0.25) is 9.59 Å². The molecule has 2 N–H and O–H groups in total. The highest BCUT2D eigenvalue weighted by Crippen LogP contribution is 2.18. The first-order chi connectivity index (χ1) is 16.0. The standard InChI is InChI=1S/C24H24N6O2S/c1-16-12-17(2)14-19(13-16)26-22(31)15-33-23-9-8-20-27-28-21(30(20)29-23)10-11-25-24(32)18-6-4-3-5-7-18/h3-9,12-14H,10-11,15H2,1-2H3,(H,25,32)(H,26,31). The van der Waals surface area contributed by atoms with Crippen LogP contribution < -0.4 is 10.6 Å². The van der Waals surface area contributed by atoms with Gasteiger partial charge in [-0.05, 0) is 61.4 Å². The molecule has 2 aromatic heterocycles. The fourth-order valence-corrected chi connectivity index (χ4v) is 4.07. The van der Waals surface area contributed by atoms with Crippen LogP contribution in [0, 0.1) is 13.8 Å². The van der Waals surface area contributed by atoms with Crippen LogP contribution in [-0.2, 0) is 11.2 Å². The van der Waals surface area contributed by atoms with Gasteiger partial charge in [0.25, 0.3) is 5.91 Å². The first-order valence-electron chi connectivity index (χ1n) is 10.5. The summed E-state index contributed by atoms with van der Waals surface area (Å²) in [6.07, 6.45) is 0.480. The number of thioether (sulfide) groups is 1. The summed E-state index contributed by atoms with van der Waals surface area (Å²) in [7, 11) is 0. The quantitative estimate of drug-likeness (QED) is 0.391. The molecule has 0 aliphatic heterocycles. The summed E-state index contributed by atoms with van der Waals surface area (Å²) in [4.78, 5) is 24.6. The third kappa shape index (κ3) is 5.95. The lowest BCUT2D eigenvalue weighted by atomic mass is 10.1. The molecule has 2 aromatic carbocycles. The van der Waals surface area contributed by atoms with Gasteiger partial charge in [0.1, 0.15) is 5.03 Å². The number of carbonyl (C=O) groups excluding carboxylic acids is 2. The Balaban J connectivity index is 1.34. The van der Waals surface area contributed by atoms with Crippen molar-refractivity contribution in [3.63, 3.8) is 0 Å². The minimum Gasteiger partial charge on any atom is -0.352 e. The van der Waals surface area contributed by atoms with Gasteiger partial charge in [-0.1, -0.05) is 36.0 Å². The molecule has 2 amide bonds. The highest BCUT2D eigenvalue weighted by atomic mass is 32.2. The number of nitrogens with one attached hydrogen (secondary N) is 2. The van der Waals surface area contributed by atoms with Crippen molar-refractivity contribution in [3.8, 4) is 0 Å². The van der Waals surface area contributed by atoms with Gasteiger partial charge in [-0.15, -0.1) is 10.2 Å². The Hall–Kier alpha value is -3.72. The summed E-state index contributed by atoms with van der Waals surface area (Å²) in [5.41, 5.74) is 4.22. The van der Waals surface area contributed by atoms with Gasteiger partial charge in [0, 0.05) is 24.2 Å². The molecule has 2 heterocycles. The summed E-state index contributed by atoms with van der Waals surface area (Å²) < 4.78 is 1.65. The van der Waals surface area contributed by atoms with Crippen molar-refractivity contribution in [1.82, 2.24) is 25.1 Å². The van der Waals surface area contributed by atoms with E-state index in [1.807, 2.05) is 56.3 Å². The van der Waals surface area contributed by atoms with Crippen molar-refractivity contribution in [3.05, 3.63) is 83.2 Å². The van der Waals surface area contributed by atoms with Crippen molar-refractivity contribution in [2.45, 2.75) is 25.3 Å². The number of aromatic nitrogens is 4. The van der Waals surface area contributed by atoms with Crippen molar-refractivity contribution in [1.29, 1.82) is 0 Å². The van der Waals surface area contributed by atoms with E-state index in [0.717, 1.165) is 16.8 Å².